The number of aromatic nitrogens is 3. The third-order valence-corrected chi connectivity index (χ3v) is 5.55. The summed E-state index contributed by atoms with van der Waals surface area (Å²) in [6, 6.07) is 0. The molecule has 1 aliphatic rings. The zero-order chi connectivity index (χ0) is 15.5. The minimum absolute atomic E-state index is 0.159. The molecule has 0 saturated heterocycles. The van der Waals surface area contributed by atoms with Gasteiger partial charge in [-0.2, -0.15) is 5.10 Å². The fourth-order valence-corrected chi connectivity index (χ4v) is 4.08. The van der Waals surface area contributed by atoms with Gasteiger partial charge < -0.3 is 5.32 Å². The number of rotatable bonds is 5. The van der Waals surface area contributed by atoms with Gasteiger partial charge in [-0.15, -0.1) is 0 Å². The number of nitrogens with zero attached hydrogens (tertiary/aromatic N) is 3. The number of nitrogens with one attached hydrogen (secondary N) is 1. The molecule has 1 aliphatic carbocycles. The average Bonchev–Trinajstić information content (AvgIpc) is 3.03. The summed E-state index contributed by atoms with van der Waals surface area (Å²) in [5.41, 5.74) is 1.96. The Morgan fingerprint density at radius 3 is 2.86 bits per heavy atom. The van der Waals surface area contributed by atoms with Gasteiger partial charge in [0.25, 0.3) is 0 Å². The summed E-state index contributed by atoms with van der Waals surface area (Å²) in [6.07, 6.45) is 7.87. The van der Waals surface area contributed by atoms with Gasteiger partial charge >= 0.3 is 0 Å². The number of carbonyl (C=O) groups excluding carboxylic acids is 1. The maximum atomic E-state index is 12.2. The predicted molar refractivity (Wildman–Crippen MR) is 88.0 cm³/mol. The summed E-state index contributed by atoms with van der Waals surface area (Å²) in [6.45, 7) is 4.60. The van der Waals surface area contributed by atoms with E-state index >= 15 is 0 Å². The summed E-state index contributed by atoms with van der Waals surface area (Å²) in [4.78, 5) is 17.6. The van der Waals surface area contributed by atoms with Crippen LogP contribution in [0.5, 0.6) is 0 Å². The van der Waals surface area contributed by atoms with Crippen LogP contribution in [-0.4, -0.2) is 20.5 Å². The molecular weight excluding hydrogens is 296 g/mol. The van der Waals surface area contributed by atoms with Gasteiger partial charge in [-0.25, -0.2) is 9.50 Å². The largest absolute Gasteiger partial charge is 0.350 e. The molecule has 1 saturated carbocycles. The van der Waals surface area contributed by atoms with Crippen molar-refractivity contribution in [3.63, 3.8) is 0 Å². The Balaban J connectivity index is 1.61. The molecule has 1 amide bonds. The van der Waals surface area contributed by atoms with Gasteiger partial charge in [0.1, 0.15) is 5.01 Å². The van der Waals surface area contributed by atoms with Crippen LogP contribution in [0.1, 0.15) is 61.8 Å². The Morgan fingerprint density at radius 1 is 1.36 bits per heavy atom. The molecule has 1 N–H and O–H groups in total. The van der Waals surface area contributed by atoms with Gasteiger partial charge in [0.05, 0.1) is 17.9 Å². The zero-order valence-electron chi connectivity index (χ0n) is 13.4. The lowest BCUT2D eigenvalue weighted by atomic mass is 9.87. The highest BCUT2D eigenvalue weighted by atomic mass is 32.1. The van der Waals surface area contributed by atoms with Crippen molar-refractivity contribution in [2.75, 3.05) is 0 Å². The molecule has 1 fully saturated rings. The van der Waals surface area contributed by atoms with Crippen LogP contribution in [0.3, 0.4) is 0 Å². The molecule has 0 spiro atoms. The summed E-state index contributed by atoms with van der Waals surface area (Å²) >= 11 is 1.62. The third kappa shape index (κ3) is 3.32. The fourth-order valence-electron chi connectivity index (χ4n) is 3.18. The van der Waals surface area contributed by atoms with Crippen molar-refractivity contribution in [3.8, 4) is 0 Å². The van der Waals surface area contributed by atoms with Gasteiger partial charge in [-0.1, -0.05) is 37.5 Å². The fraction of sp³-hybridized carbons (Fsp3) is 0.688. The standard InChI is InChI=1S/C16H24N4OS/c1-3-15-19-20-13(11(2)18-16(20)22-15)10-17-14(21)9-12-7-5-4-6-8-12/h12H,3-10H2,1-2H3,(H,17,21). The van der Waals surface area contributed by atoms with Crippen LogP contribution in [0.25, 0.3) is 4.96 Å². The summed E-state index contributed by atoms with van der Waals surface area (Å²) in [7, 11) is 0. The van der Waals surface area contributed by atoms with Crippen molar-refractivity contribution >= 4 is 22.2 Å². The van der Waals surface area contributed by atoms with E-state index in [1.54, 1.807) is 11.3 Å². The van der Waals surface area contributed by atoms with Crippen molar-refractivity contribution in [2.45, 2.75) is 65.3 Å². The number of hydrogen-bond donors (Lipinski definition) is 1. The molecule has 0 bridgehead atoms. The highest BCUT2D eigenvalue weighted by Crippen LogP contribution is 2.26. The lowest BCUT2D eigenvalue weighted by Gasteiger charge is -2.20. The number of carbonyl (C=O) groups is 1. The van der Waals surface area contributed by atoms with E-state index in [4.69, 9.17) is 0 Å². The van der Waals surface area contributed by atoms with Crippen LogP contribution in [0.15, 0.2) is 0 Å². The molecule has 0 aliphatic heterocycles. The minimum Gasteiger partial charge on any atom is -0.350 e. The quantitative estimate of drug-likeness (QED) is 0.920. The summed E-state index contributed by atoms with van der Waals surface area (Å²) in [5, 5.41) is 8.71. The summed E-state index contributed by atoms with van der Waals surface area (Å²) < 4.78 is 1.89. The van der Waals surface area contributed by atoms with Gasteiger partial charge in [0, 0.05) is 6.42 Å². The number of imidazole rings is 1. The second-order valence-electron chi connectivity index (χ2n) is 6.17. The van der Waals surface area contributed by atoms with E-state index in [9.17, 15) is 4.79 Å². The second-order valence-corrected chi connectivity index (χ2v) is 7.21. The van der Waals surface area contributed by atoms with Gasteiger partial charge in [-0.3, -0.25) is 4.79 Å². The van der Waals surface area contributed by atoms with Crippen LogP contribution in [0, 0.1) is 12.8 Å². The first kappa shape index (κ1) is 15.5. The van der Waals surface area contributed by atoms with E-state index < -0.39 is 0 Å². The molecule has 6 heteroatoms. The molecule has 2 aromatic rings. The van der Waals surface area contributed by atoms with Gasteiger partial charge in [0.2, 0.25) is 10.9 Å². The highest BCUT2D eigenvalue weighted by Gasteiger charge is 2.18. The normalized spacial score (nSPS) is 16.3. The molecule has 0 atom stereocenters. The number of amides is 1. The zero-order valence-corrected chi connectivity index (χ0v) is 14.2. The first-order valence-corrected chi connectivity index (χ1v) is 9.09. The van der Waals surface area contributed by atoms with Crippen molar-refractivity contribution in [3.05, 3.63) is 16.4 Å². The SMILES string of the molecule is CCc1nn2c(CNC(=O)CC3CCCCC3)c(C)nc2s1. The number of hydrogen-bond acceptors (Lipinski definition) is 4. The van der Waals surface area contributed by atoms with E-state index in [1.165, 1.54) is 32.1 Å². The Labute approximate surface area is 135 Å². The van der Waals surface area contributed by atoms with Crippen LogP contribution in [0.4, 0.5) is 0 Å². The van der Waals surface area contributed by atoms with Crippen molar-refractivity contribution in [1.29, 1.82) is 0 Å². The molecule has 2 aromatic heterocycles. The highest BCUT2D eigenvalue weighted by molar-refractivity contribution is 7.16. The smallest absolute Gasteiger partial charge is 0.220 e. The molecule has 5 nitrogen and oxygen atoms in total. The van der Waals surface area contributed by atoms with E-state index in [-0.39, 0.29) is 5.91 Å². The lowest BCUT2D eigenvalue weighted by molar-refractivity contribution is -0.122. The Bertz CT molecular complexity index is 654. The Morgan fingerprint density at radius 2 is 2.14 bits per heavy atom. The Hall–Kier alpha value is -1.43. The number of aryl methyl sites for hydroxylation is 2. The van der Waals surface area contributed by atoms with Crippen LogP contribution in [-0.2, 0) is 17.8 Å². The van der Waals surface area contributed by atoms with Gasteiger partial charge in [0.15, 0.2) is 0 Å². The maximum Gasteiger partial charge on any atom is 0.220 e. The average molecular weight is 320 g/mol. The van der Waals surface area contributed by atoms with Crippen LogP contribution < -0.4 is 5.32 Å². The molecular formula is C16H24N4OS. The second kappa shape index (κ2) is 6.77. The first-order valence-electron chi connectivity index (χ1n) is 8.28. The first-order chi connectivity index (χ1) is 10.7. The predicted octanol–water partition coefficient (Wildman–Crippen LogP) is 3.25. The van der Waals surface area contributed by atoms with E-state index in [2.05, 4.69) is 22.3 Å². The molecule has 2 heterocycles. The minimum atomic E-state index is 0.159. The molecule has 0 aromatic carbocycles. The van der Waals surface area contributed by atoms with Crippen LogP contribution >= 0.6 is 11.3 Å². The lowest BCUT2D eigenvalue weighted by Crippen LogP contribution is -2.26. The number of fused-ring (bicyclic) bond motifs is 1. The Kier molecular flexibility index (Phi) is 4.76. The van der Waals surface area contributed by atoms with Crippen molar-refractivity contribution in [1.82, 2.24) is 19.9 Å². The molecule has 120 valence electrons. The molecule has 3 rings (SSSR count). The van der Waals surface area contributed by atoms with E-state index in [1.807, 2.05) is 11.4 Å². The maximum absolute atomic E-state index is 12.2. The summed E-state index contributed by atoms with van der Waals surface area (Å²) in [5.74, 6) is 0.735. The molecule has 0 unspecified atom stereocenters. The monoisotopic (exact) mass is 320 g/mol. The molecule has 22 heavy (non-hydrogen) atoms. The third-order valence-electron chi connectivity index (χ3n) is 4.49. The molecule has 0 radical (unpaired) electrons. The van der Waals surface area contributed by atoms with E-state index in [0.717, 1.165) is 27.8 Å². The van der Waals surface area contributed by atoms with Gasteiger partial charge in [-0.05, 0) is 32.1 Å². The van der Waals surface area contributed by atoms with Crippen molar-refractivity contribution in [2.24, 2.45) is 5.92 Å². The van der Waals surface area contributed by atoms with E-state index in [0.29, 0.717) is 18.9 Å². The van der Waals surface area contributed by atoms with Crippen molar-refractivity contribution < 1.29 is 4.79 Å². The topological polar surface area (TPSA) is 59.3 Å². The van der Waals surface area contributed by atoms with Crippen LogP contribution in [0.2, 0.25) is 0 Å².